The zero-order chi connectivity index (χ0) is 18.2. The van der Waals surface area contributed by atoms with Crippen LogP contribution in [-0.4, -0.2) is 37.3 Å². The fraction of sp³-hybridized carbons (Fsp3) is 0.556. The van der Waals surface area contributed by atoms with E-state index < -0.39 is 5.41 Å². The quantitative estimate of drug-likeness (QED) is 0.780. The number of fused-ring (bicyclic) bond motifs is 1. The second kappa shape index (κ2) is 7.09. The van der Waals surface area contributed by atoms with Gasteiger partial charge in [-0.25, -0.2) is 4.98 Å². The van der Waals surface area contributed by atoms with Crippen molar-refractivity contribution in [2.24, 2.45) is 5.41 Å². The lowest BCUT2D eigenvalue weighted by Gasteiger charge is -2.29. The third kappa shape index (κ3) is 3.76. The van der Waals surface area contributed by atoms with Crippen LogP contribution in [0.3, 0.4) is 0 Å². The first kappa shape index (κ1) is 18.4. The van der Waals surface area contributed by atoms with Gasteiger partial charge >= 0.3 is 0 Å². The Kier molecular flexibility index (Phi) is 5.23. The van der Waals surface area contributed by atoms with Crippen LogP contribution in [0.1, 0.15) is 33.6 Å². The molecule has 1 unspecified atom stereocenters. The number of benzene rings is 1. The lowest BCUT2D eigenvalue weighted by molar-refractivity contribution is -0.126. The largest absolute Gasteiger partial charge is 0.494 e. The molecule has 3 rings (SSSR count). The minimum Gasteiger partial charge on any atom is -0.494 e. The number of carbonyl (C=O) groups excluding carboxylic acids is 1. The molecular weight excluding hydrogens is 360 g/mol. The van der Waals surface area contributed by atoms with Crippen molar-refractivity contribution in [1.29, 1.82) is 0 Å². The van der Waals surface area contributed by atoms with Crippen molar-refractivity contribution in [2.75, 3.05) is 25.2 Å². The van der Waals surface area contributed by atoms with E-state index in [1.807, 2.05) is 20.8 Å². The van der Waals surface area contributed by atoms with Crippen LogP contribution in [0, 0.1) is 5.41 Å². The summed E-state index contributed by atoms with van der Waals surface area (Å²) in [6.45, 7) is 7.01. The van der Waals surface area contributed by atoms with Gasteiger partial charge in [0.15, 0.2) is 5.13 Å². The van der Waals surface area contributed by atoms with Gasteiger partial charge < -0.3 is 9.47 Å². The molecule has 0 spiro atoms. The molecule has 0 bridgehead atoms. The fourth-order valence-corrected chi connectivity index (χ4v) is 4.13. The molecule has 1 atom stereocenters. The molecule has 2 heterocycles. The monoisotopic (exact) mass is 382 g/mol. The van der Waals surface area contributed by atoms with Crippen LogP contribution in [0.2, 0.25) is 5.02 Å². The average molecular weight is 383 g/mol. The molecule has 2 aromatic rings. The Morgan fingerprint density at radius 1 is 1.48 bits per heavy atom. The number of nitrogens with zero attached hydrogens (tertiary/aromatic N) is 2. The smallest absolute Gasteiger partial charge is 0.234 e. The van der Waals surface area contributed by atoms with E-state index >= 15 is 0 Å². The number of amides is 1. The summed E-state index contributed by atoms with van der Waals surface area (Å²) in [6.07, 6.45) is 2.04. The van der Waals surface area contributed by atoms with Crippen molar-refractivity contribution in [1.82, 2.24) is 4.98 Å². The first-order valence-corrected chi connectivity index (χ1v) is 9.57. The Hall–Kier alpha value is -1.37. The Morgan fingerprint density at radius 2 is 2.24 bits per heavy atom. The van der Waals surface area contributed by atoms with Crippen molar-refractivity contribution >= 4 is 44.2 Å². The summed E-state index contributed by atoms with van der Waals surface area (Å²) in [4.78, 5) is 19.5. The molecule has 136 valence electrons. The van der Waals surface area contributed by atoms with Crippen LogP contribution >= 0.6 is 22.9 Å². The van der Waals surface area contributed by atoms with Crippen LogP contribution in [0.5, 0.6) is 5.75 Å². The Balaban J connectivity index is 2.04. The van der Waals surface area contributed by atoms with Crippen LogP contribution < -0.4 is 9.64 Å². The summed E-state index contributed by atoms with van der Waals surface area (Å²) < 4.78 is 12.0. The molecule has 0 saturated carbocycles. The highest BCUT2D eigenvalue weighted by Gasteiger charge is 2.33. The van der Waals surface area contributed by atoms with Gasteiger partial charge in [-0.2, -0.15) is 0 Å². The number of methoxy groups -OCH3 is 1. The molecule has 7 heteroatoms. The van der Waals surface area contributed by atoms with Crippen molar-refractivity contribution in [3.63, 3.8) is 0 Å². The fourth-order valence-electron chi connectivity index (χ4n) is 2.87. The predicted octanol–water partition coefficient (Wildman–Crippen LogP) is 4.52. The standard InChI is InChI=1S/C18H23ClN2O3S/c1-18(2,3)16(22)21(10-11-6-5-9-24-11)17-20-14-13(23-4)8-7-12(19)15(14)25-17/h7-8,11H,5-6,9-10H2,1-4H3. The molecule has 0 N–H and O–H groups in total. The first-order chi connectivity index (χ1) is 11.8. The molecule has 5 nitrogen and oxygen atoms in total. The maximum Gasteiger partial charge on any atom is 0.234 e. The van der Waals surface area contributed by atoms with Crippen molar-refractivity contribution in [3.05, 3.63) is 17.2 Å². The number of ether oxygens (including phenoxy) is 2. The molecule has 25 heavy (non-hydrogen) atoms. The number of carbonyl (C=O) groups is 1. The third-order valence-electron chi connectivity index (χ3n) is 4.19. The SMILES string of the molecule is COc1ccc(Cl)c2sc(N(CC3CCCO3)C(=O)C(C)(C)C)nc12. The molecule has 0 radical (unpaired) electrons. The molecule has 1 aromatic heterocycles. The van der Waals surface area contributed by atoms with E-state index in [1.165, 1.54) is 11.3 Å². The van der Waals surface area contributed by atoms with Gasteiger partial charge in [-0.15, -0.1) is 0 Å². The van der Waals surface area contributed by atoms with Gasteiger partial charge in [0.05, 0.1) is 29.5 Å². The van der Waals surface area contributed by atoms with E-state index in [0.717, 1.165) is 24.1 Å². The summed E-state index contributed by atoms with van der Waals surface area (Å²) >= 11 is 7.75. The summed E-state index contributed by atoms with van der Waals surface area (Å²) in [5.41, 5.74) is 0.179. The number of hydrogen-bond acceptors (Lipinski definition) is 5. The zero-order valence-corrected chi connectivity index (χ0v) is 16.5. The van der Waals surface area contributed by atoms with E-state index in [-0.39, 0.29) is 12.0 Å². The lowest BCUT2D eigenvalue weighted by atomic mass is 9.94. The number of anilines is 1. The molecular formula is C18H23ClN2O3S. The van der Waals surface area contributed by atoms with E-state index in [2.05, 4.69) is 4.98 Å². The minimum atomic E-state index is -0.510. The third-order valence-corrected chi connectivity index (χ3v) is 5.73. The molecule has 1 saturated heterocycles. The number of halogens is 1. The molecule has 1 fully saturated rings. The molecule has 1 aromatic carbocycles. The number of hydrogen-bond donors (Lipinski definition) is 0. The van der Waals surface area contributed by atoms with Crippen molar-refractivity contribution < 1.29 is 14.3 Å². The second-order valence-electron chi connectivity index (χ2n) is 7.22. The van der Waals surface area contributed by atoms with Gasteiger partial charge in [0.1, 0.15) is 11.3 Å². The highest BCUT2D eigenvalue weighted by Crippen LogP contribution is 2.39. The second-order valence-corrected chi connectivity index (χ2v) is 8.61. The van der Waals surface area contributed by atoms with Gasteiger partial charge in [-0.3, -0.25) is 9.69 Å². The van der Waals surface area contributed by atoms with Crippen molar-refractivity contribution in [2.45, 2.75) is 39.7 Å². The van der Waals surface area contributed by atoms with Crippen LogP contribution in [0.15, 0.2) is 12.1 Å². The van der Waals surface area contributed by atoms with Gasteiger partial charge in [0.2, 0.25) is 5.91 Å². The van der Waals surface area contributed by atoms with Gasteiger partial charge in [-0.05, 0) is 25.0 Å². The van der Waals surface area contributed by atoms with Crippen LogP contribution in [0.4, 0.5) is 5.13 Å². The van der Waals surface area contributed by atoms with E-state index in [4.69, 9.17) is 21.1 Å². The predicted molar refractivity (Wildman–Crippen MR) is 102 cm³/mol. The first-order valence-electron chi connectivity index (χ1n) is 8.38. The Bertz CT molecular complexity index is 778. The summed E-state index contributed by atoms with van der Waals surface area (Å²) in [6, 6.07) is 3.59. The van der Waals surface area contributed by atoms with Crippen LogP contribution in [0.25, 0.3) is 10.2 Å². The summed E-state index contributed by atoms with van der Waals surface area (Å²) in [5.74, 6) is 0.680. The van der Waals surface area contributed by atoms with Crippen LogP contribution in [-0.2, 0) is 9.53 Å². The number of aromatic nitrogens is 1. The summed E-state index contributed by atoms with van der Waals surface area (Å²) in [5, 5.41) is 1.25. The Morgan fingerprint density at radius 3 is 2.84 bits per heavy atom. The lowest BCUT2D eigenvalue weighted by Crippen LogP contribution is -2.43. The minimum absolute atomic E-state index is 0.0251. The van der Waals surface area contributed by atoms with E-state index in [0.29, 0.717) is 28.0 Å². The zero-order valence-electron chi connectivity index (χ0n) is 15.0. The van der Waals surface area contributed by atoms with E-state index in [9.17, 15) is 4.79 Å². The number of thiazole rings is 1. The summed E-state index contributed by atoms with van der Waals surface area (Å²) in [7, 11) is 1.60. The number of rotatable bonds is 4. The normalized spacial score (nSPS) is 17.9. The maximum atomic E-state index is 13.0. The highest BCUT2D eigenvalue weighted by molar-refractivity contribution is 7.23. The Labute approximate surface area is 156 Å². The average Bonchev–Trinajstić information content (AvgIpc) is 3.21. The highest BCUT2D eigenvalue weighted by atomic mass is 35.5. The molecule has 1 aliphatic heterocycles. The molecule has 1 amide bonds. The van der Waals surface area contributed by atoms with Gasteiger partial charge in [0.25, 0.3) is 0 Å². The topological polar surface area (TPSA) is 51.7 Å². The van der Waals surface area contributed by atoms with Gasteiger partial charge in [-0.1, -0.05) is 43.7 Å². The molecule has 0 aliphatic carbocycles. The van der Waals surface area contributed by atoms with Crippen molar-refractivity contribution in [3.8, 4) is 5.75 Å². The maximum absolute atomic E-state index is 13.0. The van der Waals surface area contributed by atoms with E-state index in [1.54, 1.807) is 24.1 Å². The molecule has 1 aliphatic rings. The van der Waals surface area contributed by atoms with Gasteiger partial charge in [0, 0.05) is 12.0 Å².